The van der Waals surface area contributed by atoms with Gasteiger partial charge in [0.25, 0.3) is 0 Å². The van der Waals surface area contributed by atoms with Gasteiger partial charge >= 0.3 is 5.97 Å². The average molecular weight is 312 g/mol. The lowest BCUT2D eigenvalue weighted by atomic mass is 10.1. The molecule has 0 aromatic heterocycles. The Kier molecular flexibility index (Phi) is 4.75. The first kappa shape index (κ1) is 15.3. The van der Waals surface area contributed by atoms with E-state index >= 15 is 0 Å². The van der Waals surface area contributed by atoms with E-state index in [1.807, 2.05) is 0 Å². The van der Waals surface area contributed by atoms with E-state index in [0.29, 0.717) is 12.2 Å². The van der Waals surface area contributed by atoms with E-state index in [-0.39, 0.29) is 10.6 Å². The van der Waals surface area contributed by atoms with Crippen LogP contribution in [-0.4, -0.2) is 13.1 Å². The lowest BCUT2D eigenvalue weighted by Gasteiger charge is -2.09. The summed E-state index contributed by atoms with van der Waals surface area (Å²) < 4.78 is 31.0. The van der Waals surface area contributed by atoms with Gasteiger partial charge in [-0.3, -0.25) is 0 Å². The molecule has 0 bridgehead atoms. The largest absolute Gasteiger partial charge is 0.465 e. The Hall–Kier alpha value is -2.14. The van der Waals surface area contributed by atoms with Crippen molar-refractivity contribution < 1.29 is 18.3 Å². The van der Waals surface area contributed by atoms with Gasteiger partial charge in [-0.15, -0.1) is 0 Å². The van der Waals surface area contributed by atoms with E-state index < -0.39 is 17.6 Å². The molecule has 0 amide bonds. The van der Waals surface area contributed by atoms with Gasteiger partial charge in [-0.2, -0.15) is 0 Å². The third kappa shape index (κ3) is 3.70. The second kappa shape index (κ2) is 6.54. The monoisotopic (exact) mass is 311 g/mol. The molecule has 3 nitrogen and oxygen atoms in total. The molecule has 0 heterocycles. The SMILES string of the molecule is COC(=O)c1cc(NCc2ccc(F)c(Cl)c2)ccc1F. The lowest BCUT2D eigenvalue weighted by Crippen LogP contribution is -2.06. The maximum absolute atomic E-state index is 13.5. The predicted octanol–water partition coefficient (Wildman–Crippen LogP) is 4.02. The zero-order chi connectivity index (χ0) is 15.4. The molecule has 1 N–H and O–H groups in total. The summed E-state index contributed by atoms with van der Waals surface area (Å²) in [5.41, 5.74) is 1.14. The smallest absolute Gasteiger partial charge is 0.340 e. The van der Waals surface area contributed by atoms with Crippen molar-refractivity contribution in [2.24, 2.45) is 0 Å². The summed E-state index contributed by atoms with van der Waals surface area (Å²) in [6.45, 7) is 0.353. The maximum Gasteiger partial charge on any atom is 0.340 e. The highest BCUT2D eigenvalue weighted by atomic mass is 35.5. The minimum atomic E-state index is -0.749. The Labute approximate surface area is 125 Å². The molecule has 0 unspecified atom stereocenters. The predicted molar refractivity (Wildman–Crippen MR) is 76.5 cm³/mol. The van der Waals surface area contributed by atoms with Crippen LogP contribution in [0.3, 0.4) is 0 Å². The summed E-state index contributed by atoms with van der Waals surface area (Å²) in [6, 6.07) is 8.36. The minimum Gasteiger partial charge on any atom is -0.465 e. The summed E-state index contributed by atoms with van der Waals surface area (Å²) in [7, 11) is 1.18. The van der Waals surface area contributed by atoms with Crippen LogP contribution >= 0.6 is 11.6 Å². The first-order valence-electron chi connectivity index (χ1n) is 6.07. The van der Waals surface area contributed by atoms with Gasteiger partial charge in [-0.1, -0.05) is 17.7 Å². The van der Waals surface area contributed by atoms with Crippen LogP contribution in [0.2, 0.25) is 5.02 Å². The highest BCUT2D eigenvalue weighted by Gasteiger charge is 2.12. The van der Waals surface area contributed by atoms with Gasteiger partial charge in [-0.05, 0) is 35.9 Å². The lowest BCUT2D eigenvalue weighted by molar-refractivity contribution is 0.0595. The number of benzene rings is 2. The van der Waals surface area contributed by atoms with Gasteiger partial charge in [0.05, 0.1) is 17.7 Å². The number of nitrogens with one attached hydrogen (secondary N) is 1. The van der Waals surface area contributed by atoms with Crippen molar-refractivity contribution in [2.75, 3.05) is 12.4 Å². The van der Waals surface area contributed by atoms with Crippen LogP contribution in [-0.2, 0) is 11.3 Å². The number of hydrogen-bond acceptors (Lipinski definition) is 3. The molecular formula is C15H12ClF2NO2. The highest BCUT2D eigenvalue weighted by Crippen LogP contribution is 2.19. The first-order chi connectivity index (χ1) is 10.0. The highest BCUT2D eigenvalue weighted by molar-refractivity contribution is 6.30. The van der Waals surface area contributed by atoms with Crippen molar-refractivity contribution in [1.82, 2.24) is 0 Å². The van der Waals surface area contributed by atoms with Crippen LogP contribution in [0.15, 0.2) is 36.4 Å². The number of hydrogen-bond donors (Lipinski definition) is 1. The molecule has 0 fully saturated rings. The van der Waals surface area contributed by atoms with Crippen molar-refractivity contribution >= 4 is 23.3 Å². The Balaban J connectivity index is 2.13. The fourth-order valence-corrected chi connectivity index (χ4v) is 1.96. The van der Waals surface area contributed by atoms with Gasteiger partial charge in [-0.25, -0.2) is 13.6 Å². The molecule has 0 radical (unpaired) electrons. The van der Waals surface area contributed by atoms with Crippen LogP contribution in [0.1, 0.15) is 15.9 Å². The third-order valence-electron chi connectivity index (χ3n) is 2.85. The van der Waals surface area contributed by atoms with Crippen molar-refractivity contribution in [3.05, 3.63) is 64.2 Å². The number of esters is 1. The van der Waals surface area contributed by atoms with Crippen LogP contribution < -0.4 is 5.32 Å². The molecule has 0 saturated carbocycles. The van der Waals surface area contributed by atoms with E-state index in [9.17, 15) is 13.6 Å². The van der Waals surface area contributed by atoms with E-state index in [1.165, 1.54) is 37.4 Å². The quantitative estimate of drug-likeness (QED) is 0.867. The molecule has 0 saturated heterocycles. The van der Waals surface area contributed by atoms with Crippen molar-refractivity contribution in [3.63, 3.8) is 0 Å². The summed E-state index contributed by atoms with van der Waals surface area (Å²) in [6.07, 6.45) is 0. The normalized spacial score (nSPS) is 10.3. The van der Waals surface area contributed by atoms with E-state index in [0.717, 1.165) is 5.56 Å². The molecule has 0 aliphatic heterocycles. The molecule has 0 aliphatic rings. The Morgan fingerprint density at radius 1 is 1.19 bits per heavy atom. The Morgan fingerprint density at radius 3 is 2.57 bits per heavy atom. The summed E-state index contributed by atoms with van der Waals surface area (Å²) in [5, 5.41) is 3.03. The number of halogens is 3. The average Bonchev–Trinajstić information content (AvgIpc) is 2.49. The zero-order valence-electron chi connectivity index (χ0n) is 11.1. The topological polar surface area (TPSA) is 38.3 Å². The molecule has 110 valence electrons. The Bertz CT molecular complexity index is 677. The Morgan fingerprint density at radius 2 is 1.90 bits per heavy atom. The molecule has 6 heteroatoms. The van der Waals surface area contributed by atoms with E-state index in [2.05, 4.69) is 10.1 Å². The molecule has 0 aliphatic carbocycles. The number of carbonyl (C=O) groups is 1. The fraction of sp³-hybridized carbons (Fsp3) is 0.133. The number of rotatable bonds is 4. The third-order valence-corrected chi connectivity index (χ3v) is 3.14. The molecule has 2 aromatic carbocycles. The van der Waals surface area contributed by atoms with Crippen molar-refractivity contribution in [2.45, 2.75) is 6.54 Å². The number of ether oxygens (including phenoxy) is 1. The van der Waals surface area contributed by atoms with Gasteiger partial charge in [0, 0.05) is 12.2 Å². The van der Waals surface area contributed by atoms with Crippen LogP contribution in [0.25, 0.3) is 0 Å². The molecule has 2 rings (SSSR count). The molecule has 0 spiro atoms. The second-order valence-electron chi connectivity index (χ2n) is 4.29. The van der Waals surface area contributed by atoms with Crippen molar-refractivity contribution in [3.8, 4) is 0 Å². The summed E-state index contributed by atoms with van der Waals surface area (Å²) in [5.74, 6) is -1.90. The minimum absolute atomic E-state index is 0.0312. The van der Waals surface area contributed by atoms with Gasteiger partial charge in [0.1, 0.15) is 11.6 Å². The summed E-state index contributed by atoms with van der Waals surface area (Å²) in [4.78, 5) is 11.4. The van der Waals surface area contributed by atoms with Gasteiger partial charge in [0.2, 0.25) is 0 Å². The molecular weight excluding hydrogens is 300 g/mol. The van der Waals surface area contributed by atoms with Gasteiger partial charge in [0.15, 0.2) is 0 Å². The van der Waals surface area contributed by atoms with Crippen LogP contribution in [0.4, 0.5) is 14.5 Å². The first-order valence-corrected chi connectivity index (χ1v) is 6.44. The number of anilines is 1. The van der Waals surface area contributed by atoms with Crippen LogP contribution in [0.5, 0.6) is 0 Å². The summed E-state index contributed by atoms with van der Waals surface area (Å²) >= 11 is 5.69. The van der Waals surface area contributed by atoms with E-state index in [1.54, 1.807) is 6.07 Å². The van der Waals surface area contributed by atoms with Crippen LogP contribution in [0, 0.1) is 11.6 Å². The second-order valence-corrected chi connectivity index (χ2v) is 4.70. The number of methoxy groups -OCH3 is 1. The van der Waals surface area contributed by atoms with Crippen molar-refractivity contribution in [1.29, 1.82) is 0 Å². The molecule has 21 heavy (non-hydrogen) atoms. The maximum atomic E-state index is 13.5. The van der Waals surface area contributed by atoms with Gasteiger partial charge < -0.3 is 10.1 Å². The standard InChI is InChI=1S/C15H12ClF2NO2/c1-21-15(20)11-7-10(3-5-13(11)17)19-8-9-2-4-14(18)12(16)6-9/h2-7,19H,8H2,1H3. The molecule has 0 atom stereocenters. The fourth-order valence-electron chi connectivity index (χ4n) is 1.76. The van der Waals surface area contributed by atoms with E-state index in [4.69, 9.17) is 11.6 Å². The number of carbonyl (C=O) groups excluding carboxylic acids is 1. The molecule has 2 aromatic rings. The zero-order valence-corrected chi connectivity index (χ0v) is 11.9.